The summed E-state index contributed by atoms with van der Waals surface area (Å²) in [6.07, 6.45) is 2.37. The molecule has 7 aromatic rings. The lowest BCUT2D eigenvalue weighted by Crippen LogP contribution is -2.43. The molecule has 0 radical (unpaired) electrons. The summed E-state index contributed by atoms with van der Waals surface area (Å²) in [5, 5.41) is 11.7. The van der Waals surface area contributed by atoms with Crippen LogP contribution in [0.1, 0.15) is 24.3 Å². The number of benzene rings is 5. The van der Waals surface area contributed by atoms with Crippen molar-refractivity contribution in [2.75, 3.05) is 16.9 Å². The molecule has 4 aliphatic rings. The molecule has 0 unspecified atom stereocenters. The van der Waals surface area contributed by atoms with E-state index in [0.717, 1.165) is 11.1 Å². The van der Waals surface area contributed by atoms with Crippen molar-refractivity contribution < 1.29 is 37.9 Å². The van der Waals surface area contributed by atoms with E-state index >= 15 is 0 Å². The van der Waals surface area contributed by atoms with Gasteiger partial charge in [-0.2, -0.15) is 0 Å². The number of fused-ring (bicyclic) bond motifs is 6. The summed E-state index contributed by atoms with van der Waals surface area (Å²) in [5.74, 6) is -5.25. The van der Waals surface area contributed by atoms with Gasteiger partial charge >= 0.3 is 0 Å². The van der Waals surface area contributed by atoms with Gasteiger partial charge in [0.25, 0.3) is 0 Å². The Morgan fingerprint density at radius 2 is 1.20 bits per heavy atom. The molecular weight excluding hydrogens is 828 g/mol. The van der Waals surface area contributed by atoms with Crippen LogP contribution >= 0.6 is 15.9 Å². The van der Waals surface area contributed by atoms with Gasteiger partial charge in [0.2, 0.25) is 35.4 Å². The smallest absolute Gasteiger partial charge is 0.238 e. The van der Waals surface area contributed by atoms with Crippen LogP contribution in [-0.2, 0) is 19.2 Å². The monoisotopic (exact) mass is 860 g/mol. The van der Waals surface area contributed by atoms with Crippen LogP contribution in [0, 0.1) is 29.6 Å². The second kappa shape index (κ2) is 13.6. The predicted octanol–water partition coefficient (Wildman–Crippen LogP) is 8.82. The van der Waals surface area contributed by atoms with Crippen LogP contribution in [0.4, 0.5) is 11.4 Å². The fourth-order valence-electron chi connectivity index (χ4n) is 9.93. The number of para-hydroxylation sites is 4. The van der Waals surface area contributed by atoms with Crippen molar-refractivity contribution in [2.45, 2.75) is 18.8 Å². The Hall–Kier alpha value is -6.86. The number of phenols is 1. The fraction of sp³-hybridized carbons (Fsp3) is 0.191. The Bertz CT molecular complexity index is 2920. The summed E-state index contributed by atoms with van der Waals surface area (Å²) in [6, 6.07) is 32.1. The highest BCUT2D eigenvalue weighted by Gasteiger charge is 2.62. The molecule has 3 fully saturated rings. The molecule has 4 heterocycles. The third kappa shape index (κ3) is 5.41. The number of aromatic nitrogens is 2. The second-order valence-electron chi connectivity index (χ2n) is 15.7. The number of hydrogen-bond acceptors (Lipinski definition) is 10. The summed E-state index contributed by atoms with van der Waals surface area (Å²) >= 11 is 3.55. The Labute approximate surface area is 350 Å². The van der Waals surface area contributed by atoms with E-state index in [0.29, 0.717) is 61.0 Å². The summed E-state index contributed by atoms with van der Waals surface area (Å²) in [7, 11) is 1.44. The Morgan fingerprint density at radius 1 is 0.667 bits per heavy atom. The van der Waals surface area contributed by atoms with E-state index in [2.05, 4.69) is 25.9 Å². The molecule has 1 N–H and O–H groups in total. The molecule has 12 nitrogen and oxygen atoms in total. The Morgan fingerprint density at radius 3 is 1.75 bits per heavy atom. The number of rotatable bonds is 6. The van der Waals surface area contributed by atoms with Crippen molar-refractivity contribution in [2.24, 2.45) is 29.6 Å². The largest absolute Gasteiger partial charge is 0.504 e. The van der Waals surface area contributed by atoms with E-state index in [-0.39, 0.29) is 36.2 Å². The first-order chi connectivity index (χ1) is 29.2. The van der Waals surface area contributed by atoms with E-state index in [1.165, 1.54) is 16.9 Å². The maximum atomic E-state index is 14.8. The second-order valence-corrected chi connectivity index (χ2v) is 16.6. The molecule has 0 spiro atoms. The standard InChI is InChI=1S/C47H33BrN4O8/c1-58-37-21-25(48)20-31(41(37)53)38-28-18-19-29-39(46(56)51(44(29)54)26-14-10-23(11-15-26)42-49-33-6-2-4-8-35(33)59-42)30(28)22-32-40(38)47(57)52(45(32)55)27-16-12-24(13-17-27)43-50-34-7-3-5-9-36(34)60-43/h2-18,20-21,29-30,32,38-40,53H,19,22H2,1H3/t29-,30+,32+,38+,39-,40+/m0/s1. The number of allylic oxidation sites excluding steroid dienone is 2. The molecular formula is C47H33BrN4O8. The number of imide groups is 2. The highest BCUT2D eigenvalue weighted by Crippen LogP contribution is 2.60. The van der Waals surface area contributed by atoms with Crippen molar-refractivity contribution in [3.8, 4) is 34.4 Å². The maximum absolute atomic E-state index is 14.8. The first-order valence-electron chi connectivity index (χ1n) is 19.6. The third-order valence-electron chi connectivity index (χ3n) is 12.6. The van der Waals surface area contributed by atoms with Gasteiger partial charge in [0, 0.05) is 27.1 Å². The highest BCUT2D eigenvalue weighted by molar-refractivity contribution is 9.10. The van der Waals surface area contributed by atoms with Gasteiger partial charge in [0.15, 0.2) is 22.7 Å². The highest BCUT2D eigenvalue weighted by atomic mass is 79.9. The van der Waals surface area contributed by atoms with Crippen molar-refractivity contribution in [3.63, 3.8) is 0 Å². The minimum Gasteiger partial charge on any atom is -0.504 e. The number of phenolic OH excluding ortho intramolecular Hbond substituents is 1. The van der Waals surface area contributed by atoms with Crippen LogP contribution in [0.5, 0.6) is 11.5 Å². The zero-order chi connectivity index (χ0) is 41.0. The molecule has 11 rings (SSSR count). The topological polar surface area (TPSA) is 156 Å². The van der Waals surface area contributed by atoms with Crippen LogP contribution < -0.4 is 14.5 Å². The summed E-state index contributed by atoms with van der Waals surface area (Å²) in [6.45, 7) is 0. The average molecular weight is 862 g/mol. The van der Waals surface area contributed by atoms with Crippen LogP contribution in [0.25, 0.3) is 45.1 Å². The van der Waals surface area contributed by atoms with E-state index < -0.39 is 47.3 Å². The van der Waals surface area contributed by atoms with Crippen molar-refractivity contribution >= 4 is 73.1 Å². The van der Waals surface area contributed by atoms with Gasteiger partial charge in [-0.05, 0) is 104 Å². The normalized spacial score (nSPS) is 23.6. The lowest BCUT2D eigenvalue weighted by molar-refractivity contribution is -0.126. The third-order valence-corrected chi connectivity index (χ3v) is 13.1. The Balaban J connectivity index is 0.948. The molecule has 13 heteroatoms. The van der Waals surface area contributed by atoms with Crippen LogP contribution in [0.3, 0.4) is 0 Å². The van der Waals surface area contributed by atoms with Gasteiger partial charge < -0.3 is 18.7 Å². The van der Waals surface area contributed by atoms with Gasteiger partial charge in [-0.25, -0.2) is 9.97 Å². The van der Waals surface area contributed by atoms with Gasteiger partial charge in [-0.15, -0.1) is 0 Å². The van der Waals surface area contributed by atoms with E-state index in [9.17, 15) is 24.3 Å². The zero-order valence-electron chi connectivity index (χ0n) is 31.8. The molecule has 2 aromatic heterocycles. The molecule has 296 valence electrons. The number of ether oxygens (including phenoxy) is 1. The lowest BCUT2D eigenvalue weighted by Gasteiger charge is -2.44. The number of nitrogens with zero attached hydrogens (tertiary/aromatic N) is 4. The quantitative estimate of drug-likeness (QED) is 0.127. The number of halogens is 1. The molecule has 2 saturated heterocycles. The van der Waals surface area contributed by atoms with Gasteiger partial charge in [0.1, 0.15) is 11.0 Å². The van der Waals surface area contributed by atoms with Crippen LogP contribution in [0.15, 0.2) is 134 Å². The van der Waals surface area contributed by atoms with Gasteiger partial charge in [-0.3, -0.25) is 29.0 Å². The summed E-state index contributed by atoms with van der Waals surface area (Å²) in [4.78, 5) is 70.0. The summed E-state index contributed by atoms with van der Waals surface area (Å²) in [5.41, 5.74) is 6.02. The number of amides is 4. The first-order valence-corrected chi connectivity index (χ1v) is 20.4. The molecule has 2 aliphatic carbocycles. The lowest BCUT2D eigenvalue weighted by atomic mass is 9.57. The number of anilines is 2. The van der Waals surface area contributed by atoms with Crippen molar-refractivity contribution in [1.82, 2.24) is 9.97 Å². The van der Waals surface area contributed by atoms with Crippen molar-refractivity contribution in [3.05, 3.63) is 131 Å². The maximum Gasteiger partial charge on any atom is 0.238 e. The van der Waals surface area contributed by atoms with E-state index in [1.807, 2.05) is 54.6 Å². The van der Waals surface area contributed by atoms with Crippen LogP contribution in [-0.4, -0.2) is 45.8 Å². The SMILES string of the molecule is COc1cc(Br)cc([C@H]2C3=CC[C@@H]4C(=O)N(c5ccc(-c6nc7ccccc7o6)cc5)C(=O)[C@@H]4[C@@H]3C[C@H]3C(=O)N(c4ccc(-c5nc6ccccc6o5)cc4)C(=O)[C@@H]23)c1O. The fourth-order valence-corrected chi connectivity index (χ4v) is 10.4. The number of hydrogen-bond donors (Lipinski definition) is 1. The number of aromatic hydroxyl groups is 1. The van der Waals surface area contributed by atoms with E-state index in [4.69, 9.17) is 13.6 Å². The molecule has 60 heavy (non-hydrogen) atoms. The van der Waals surface area contributed by atoms with Gasteiger partial charge in [-0.1, -0.05) is 51.8 Å². The zero-order valence-corrected chi connectivity index (χ0v) is 33.4. The molecule has 0 bridgehead atoms. The minimum atomic E-state index is -0.902. The molecule has 2 aliphatic heterocycles. The number of carbonyl (C=O) groups is 4. The minimum absolute atomic E-state index is 0.163. The van der Waals surface area contributed by atoms with Crippen molar-refractivity contribution in [1.29, 1.82) is 0 Å². The van der Waals surface area contributed by atoms with Crippen LogP contribution in [0.2, 0.25) is 0 Å². The Kier molecular flexibility index (Phi) is 8.21. The molecule has 5 aromatic carbocycles. The number of carbonyl (C=O) groups excluding carboxylic acids is 4. The first kappa shape index (κ1) is 36.2. The average Bonchev–Trinajstić information content (AvgIpc) is 4.02. The predicted molar refractivity (Wildman–Crippen MR) is 224 cm³/mol. The van der Waals surface area contributed by atoms with E-state index in [1.54, 1.807) is 60.7 Å². The molecule has 1 saturated carbocycles. The number of methoxy groups -OCH3 is 1. The molecule has 6 atom stereocenters. The number of oxazole rings is 2. The summed E-state index contributed by atoms with van der Waals surface area (Å²) < 4.78 is 18.0. The molecule has 4 amide bonds. The van der Waals surface area contributed by atoms with Gasteiger partial charge in [0.05, 0.1) is 42.2 Å².